The molecule has 3 heterocycles. The summed E-state index contributed by atoms with van der Waals surface area (Å²) in [7, 11) is 0. The van der Waals surface area contributed by atoms with E-state index in [0.29, 0.717) is 35.2 Å². The first-order valence-corrected chi connectivity index (χ1v) is 12.6. The first-order chi connectivity index (χ1) is 17.1. The summed E-state index contributed by atoms with van der Waals surface area (Å²) in [4.78, 5) is 25.3. The van der Waals surface area contributed by atoms with Crippen molar-refractivity contribution in [2.75, 3.05) is 6.54 Å². The van der Waals surface area contributed by atoms with Gasteiger partial charge in [0.2, 0.25) is 5.82 Å². The molecular formula is C28H27ClN4O2. The Balaban J connectivity index is 1.39. The smallest absolute Gasteiger partial charge is 0.290 e. The summed E-state index contributed by atoms with van der Waals surface area (Å²) in [6, 6.07) is 19.2. The molecule has 4 aromatic rings. The number of carbonyl (C=O) groups excluding carboxylic acids is 1. The Morgan fingerprint density at radius 2 is 1.89 bits per heavy atom. The van der Waals surface area contributed by atoms with Crippen molar-refractivity contribution in [2.45, 2.75) is 43.7 Å². The maximum Gasteiger partial charge on any atom is 0.290 e. The lowest BCUT2D eigenvalue weighted by molar-refractivity contribution is -0.110. The van der Waals surface area contributed by atoms with Gasteiger partial charge in [0.25, 0.3) is 5.91 Å². The fourth-order valence-electron chi connectivity index (χ4n) is 6.06. The highest BCUT2D eigenvalue weighted by atomic mass is 35.5. The number of rotatable bonds is 3. The van der Waals surface area contributed by atoms with Crippen LogP contribution in [-0.2, 0) is 5.60 Å². The van der Waals surface area contributed by atoms with Gasteiger partial charge in [-0.05, 0) is 43.0 Å². The van der Waals surface area contributed by atoms with Crippen LogP contribution in [0.25, 0.3) is 16.9 Å². The Morgan fingerprint density at radius 1 is 1.06 bits per heavy atom. The maximum atomic E-state index is 14.0. The molecular weight excluding hydrogens is 460 g/mol. The monoisotopic (exact) mass is 486 g/mol. The van der Waals surface area contributed by atoms with Gasteiger partial charge >= 0.3 is 0 Å². The predicted molar refractivity (Wildman–Crippen MR) is 135 cm³/mol. The highest BCUT2D eigenvalue weighted by Crippen LogP contribution is 2.47. The van der Waals surface area contributed by atoms with Crippen LogP contribution >= 0.6 is 11.6 Å². The Kier molecular flexibility index (Phi) is 5.58. The molecule has 1 N–H and O–H groups in total. The number of hydrogen-bond acceptors (Lipinski definition) is 4. The Hall–Kier alpha value is -3.22. The van der Waals surface area contributed by atoms with Crippen LogP contribution in [0.1, 0.15) is 48.3 Å². The van der Waals surface area contributed by atoms with Crippen LogP contribution in [0.3, 0.4) is 0 Å². The van der Waals surface area contributed by atoms with Crippen molar-refractivity contribution >= 4 is 23.2 Å². The van der Waals surface area contributed by atoms with E-state index < -0.39 is 5.60 Å². The number of piperidine rings is 1. The standard InChI is InChI=1S/C28H27ClN4O2/c29-21-11-6-8-19(18-21)24-25-30-15-7-16-33(25)26(31-24)27(34)32-17-14-28(35,20-9-2-1-3-10-20)22-12-4-5-13-23(22)32/h1-3,6-11,15-16,18,22-23,35H,4-5,12-14,17H2/t22-,23?,28-/m1/s1. The lowest BCUT2D eigenvalue weighted by Gasteiger charge is -2.52. The topological polar surface area (TPSA) is 70.7 Å². The number of aliphatic hydroxyl groups is 1. The van der Waals surface area contributed by atoms with Crippen molar-refractivity contribution in [3.05, 3.63) is 89.5 Å². The molecule has 35 heavy (non-hydrogen) atoms. The summed E-state index contributed by atoms with van der Waals surface area (Å²) >= 11 is 6.24. The van der Waals surface area contributed by atoms with Crippen LogP contribution in [0.2, 0.25) is 5.02 Å². The molecule has 6 rings (SSSR count). The van der Waals surface area contributed by atoms with E-state index in [9.17, 15) is 9.90 Å². The molecule has 0 radical (unpaired) electrons. The molecule has 6 nitrogen and oxygen atoms in total. The van der Waals surface area contributed by atoms with Crippen molar-refractivity contribution in [1.29, 1.82) is 0 Å². The number of amides is 1. The van der Waals surface area contributed by atoms with E-state index in [2.05, 4.69) is 4.98 Å². The van der Waals surface area contributed by atoms with Crippen LogP contribution in [0.4, 0.5) is 0 Å². The summed E-state index contributed by atoms with van der Waals surface area (Å²) < 4.78 is 1.77. The summed E-state index contributed by atoms with van der Waals surface area (Å²) in [5.41, 5.74) is 2.10. The molecule has 0 bridgehead atoms. The van der Waals surface area contributed by atoms with Crippen LogP contribution in [0, 0.1) is 5.92 Å². The minimum Gasteiger partial charge on any atom is -0.385 e. The zero-order chi connectivity index (χ0) is 24.0. The molecule has 3 atom stereocenters. The van der Waals surface area contributed by atoms with Gasteiger partial charge in [0.05, 0.1) is 5.60 Å². The molecule has 1 aliphatic heterocycles. The van der Waals surface area contributed by atoms with Gasteiger partial charge in [0.15, 0.2) is 5.65 Å². The molecule has 1 aliphatic carbocycles. The van der Waals surface area contributed by atoms with Gasteiger partial charge in [-0.25, -0.2) is 9.97 Å². The Morgan fingerprint density at radius 3 is 2.71 bits per heavy atom. The number of hydrogen-bond donors (Lipinski definition) is 1. The fraction of sp³-hybridized carbons (Fsp3) is 0.321. The molecule has 178 valence electrons. The molecule has 1 unspecified atom stereocenters. The van der Waals surface area contributed by atoms with Crippen molar-refractivity contribution in [1.82, 2.24) is 19.3 Å². The molecule has 0 spiro atoms. The number of aromatic nitrogens is 3. The van der Waals surface area contributed by atoms with E-state index in [1.54, 1.807) is 16.7 Å². The normalized spacial score (nSPS) is 24.3. The first kappa shape index (κ1) is 22.3. The number of nitrogens with zero attached hydrogens (tertiary/aromatic N) is 4. The summed E-state index contributed by atoms with van der Waals surface area (Å²) in [6.45, 7) is 0.479. The van der Waals surface area contributed by atoms with Gasteiger partial charge in [-0.3, -0.25) is 9.20 Å². The number of benzene rings is 2. The highest BCUT2D eigenvalue weighted by molar-refractivity contribution is 6.30. The van der Waals surface area contributed by atoms with Gasteiger partial charge in [0, 0.05) is 41.5 Å². The van der Waals surface area contributed by atoms with Crippen molar-refractivity contribution < 1.29 is 9.90 Å². The maximum absolute atomic E-state index is 14.0. The van der Waals surface area contributed by atoms with E-state index in [4.69, 9.17) is 16.6 Å². The van der Waals surface area contributed by atoms with Crippen LogP contribution in [0.15, 0.2) is 73.1 Å². The minimum absolute atomic E-state index is 0.00639. The van der Waals surface area contributed by atoms with E-state index in [0.717, 1.165) is 36.8 Å². The fourth-order valence-corrected chi connectivity index (χ4v) is 6.25. The number of likely N-dealkylation sites (tertiary alicyclic amines) is 1. The summed E-state index contributed by atoms with van der Waals surface area (Å²) in [6.07, 6.45) is 7.94. The van der Waals surface area contributed by atoms with Crippen LogP contribution < -0.4 is 0 Å². The second-order valence-corrected chi connectivity index (χ2v) is 10.0. The van der Waals surface area contributed by atoms with Gasteiger partial charge in [-0.2, -0.15) is 0 Å². The largest absolute Gasteiger partial charge is 0.385 e. The van der Waals surface area contributed by atoms with Crippen molar-refractivity contribution in [3.63, 3.8) is 0 Å². The number of imidazole rings is 1. The lowest BCUT2D eigenvalue weighted by atomic mass is 9.66. The van der Waals surface area contributed by atoms with Gasteiger partial charge in [-0.15, -0.1) is 0 Å². The minimum atomic E-state index is -0.925. The lowest BCUT2D eigenvalue weighted by Crippen LogP contribution is -2.59. The zero-order valence-electron chi connectivity index (χ0n) is 19.3. The first-order valence-electron chi connectivity index (χ1n) is 12.2. The third kappa shape index (κ3) is 3.72. The third-order valence-electron chi connectivity index (χ3n) is 7.70. The molecule has 2 aliphatic rings. The predicted octanol–water partition coefficient (Wildman–Crippen LogP) is 5.34. The van der Waals surface area contributed by atoms with Crippen LogP contribution in [-0.4, -0.2) is 42.9 Å². The van der Waals surface area contributed by atoms with Gasteiger partial charge < -0.3 is 10.0 Å². The molecule has 1 saturated carbocycles. The molecule has 2 fully saturated rings. The quantitative estimate of drug-likeness (QED) is 0.424. The molecule has 7 heteroatoms. The Labute approximate surface area is 209 Å². The molecule has 2 aromatic heterocycles. The summed E-state index contributed by atoms with van der Waals surface area (Å²) in [5, 5.41) is 12.5. The van der Waals surface area contributed by atoms with E-state index >= 15 is 0 Å². The number of fused-ring (bicyclic) bond motifs is 2. The van der Waals surface area contributed by atoms with Gasteiger partial charge in [0.1, 0.15) is 5.69 Å². The van der Waals surface area contributed by atoms with Crippen molar-refractivity contribution in [2.24, 2.45) is 5.92 Å². The summed E-state index contributed by atoms with van der Waals surface area (Å²) in [5.74, 6) is 0.221. The molecule has 1 saturated heterocycles. The second kappa shape index (κ2) is 8.77. The van der Waals surface area contributed by atoms with Crippen molar-refractivity contribution in [3.8, 4) is 11.3 Å². The molecule has 2 aromatic carbocycles. The average Bonchev–Trinajstić information content (AvgIpc) is 3.29. The van der Waals surface area contributed by atoms with E-state index in [-0.39, 0.29) is 17.9 Å². The van der Waals surface area contributed by atoms with E-state index in [1.807, 2.05) is 65.7 Å². The van der Waals surface area contributed by atoms with Crippen LogP contribution in [0.5, 0.6) is 0 Å². The Bertz CT molecular complexity index is 1390. The molecule has 1 amide bonds. The third-order valence-corrected chi connectivity index (χ3v) is 7.94. The number of carbonyl (C=O) groups is 1. The second-order valence-electron chi connectivity index (χ2n) is 9.60. The SMILES string of the molecule is O=C(c1nc(-c2cccc(Cl)c2)c2ncccn12)N1CC[C@@](O)(c2ccccc2)[C@@H]2CCCCC21. The van der Waals surface area contributed by atoms with E-state index in [1.165, 1.54) is 0 Å². The number of halogens is 1. The zero-order valence-corrected chi connectivity index (χ0v) is 20.1. The van der Waals surface area contributed by atoms with Gasteiger partial charge in [-0.1, -0.05) is 66.9 Å². The average molecular weight is 487 g/mol. The highest BCUT2D eigenvalue weighted by Gasteiger charge is 2.50.